The smallest absolute Gasteiger partial charge is 0.272 e. The molecular formula is C19H27N3O2. The van der Waals surface area contributed by atoms with Gasteiger partial charge in [0.2, 0.25) is 0 Å². The number of carbonyl (C=O) groups excluding carboxylic acids is 2. The molecule has 3 heterocycles. The van der Waals surface area contributed by atoms with Crippen molar-refractivity contribution in [2.75, 3.05) is 13.1 Å². The average molecular weight is 329 g/mol. The third kappa shape index (κ3) is 3.45. The van der Waals surface area contributed by atoms with Crippen LogP contribution >= 0.6 is 0 Å². The SMILES string of the molecule is C[C@@H]1CCCCN1C(=O)c1ccc(C(=O)N2CCCC[C@@H]2C)cn1. The van der Waals surface area contributed by atoms with Crippen molar-refractivity contribution in [2.24, 2.45) is 0 Å². The van der Waals surface area contributed by atoms with Crippen LogP contribution in [0.2, 0.25) is 0 Å². The first-order valence-corrected chi connectivity index (χ1v) is 9.16. The van der Waals surface area contributed by atoms with Gasteiger partial charge in [0.15, 0.2) is 0 Å². The maximum atomic E-state index is 12.6. The van der Waals surface area contributed by atoms with Crippen molar-refractivity contribution in [3.8, 4) is 0 Å². The van der Waals surface area contributed by atoms with Crippen molar-refractivity contribution in [1.82, 2.24) is 14.8 Å². The lowest BCUT2D eigenvalue weighted by atomic mass is 10.0. The van der Waals surface area contributed by atoms with Crippen molar-refractivity contribution in [3.63, 3.8) is 0 Å². The number of carbonyl (C=O) groups is 2. The number of aromatic nitrogens is 1. The van der Waals surface area contributed by atoms with Crippen LogP contribution in [-0.2, 0) is 0 Å². The molecule has 2 atom stereocenters. The van der Waals surface area contributed by atoms with Crippen LogP contribution in [-0.4, -0.2) is 51.8 Å². The Kier molecular flexibility index (Phi) is 5.17. The summed E-state index contributed by atoms with van der Waals surface area (Å²) in [5, 5.41) is 0. The fourth-order valence-corrected chi connectivity index (χ4v) is 3.76. The number of likely N-dealkylation sites (tertiary alicyclic amines) is 2. The van der Waals surface area contributed by atoms with Gasteiger partial charge in [0, 0.05) is 31.4 Å². The van der Waals surface area contributed by atoms with E-state index in [2.05, 4.69) is 18.8 Å². The third-order valence-corrected chi connectivity index (χ3v) is 5.36. The number of nitrogens with zero attached hydrogens (tertiary/aromatic N) is 3. The van der Waals surface area contributed by atoms with Gasteiger partial charge in [-0.25, -0.2) is 0 Å². The first kappa shape index (κ1) is 16.9. The minimum Gasteiger partial charge on any atom is -0.336 e. The van der Waals surface area contributed by atoms with Crippen molar-refractivity contribution in [2.45, 2.75) is 64.5 Å². The van der Waals surface area contributed by atoms with E-state index in [1.165, 1.54) is 12.8 Å². The van der Waals surface area contributed by atoms with E-state index in [-0.39, 0.29) is 23.9 Å². The summed E-state index contributed by atoms with van der Waals surface area (Å²) in [6.45, 7) is 5.80. The highest BCUT2D eigenvalue weighted by Gasteiger charge is 2.27. The van der Waals surface area contributed by atoms with Gasteiger partial charge >= 0.3 is 0 Å². The molecule has 3 rings (SSSR count). The lowest BCUT2D eigenvalue weighted by Crippen LogP contribution is -2.43. The Balaban J connectivity index is 1.70. The summed E-state index contributed by atoms with van der Waals surface area (Å²) in [5.74, 6) is 0.00702. The summed E-state index contributed by atoms with van der Waals surface area (Å²) in [5.41, 5.74) is 1.01. The second kappa shape index (κ2) is 7.32. The molecule has 0 bridgehead atoms. The summed E-state index contributed by atoms with van der Waals surface area (Å²) < 4.78 is 0. The van der Waals surface area contributed by atoms with Gasteiger partial charge in [0.1, 0.15) is 5.69 Å². The van der Waals surface area contributed by atoms with Crippen molar-refractivity contribution in [3.05, 3.63) is 29.6 Å². The molecule has 2 amide bonds. The molecule has 2 aliphatic heterocycles. The maximum Gasteiger partial charge on any atom is 0.272 e. The van der Waals surface area contributed by atoms with E-state index < -0.39 is 0 Å². The Morgan fingerprint density at radius 3 is 2.00 bits per heavy atom. The van der Waals surface area contributed by atoms with Gasteiger partial charge in [-0.3, -0.25) is 14.6 Å². The Labute approximate surface area is 144 Å². The van der Waals surface area contributed by atoms with Gasteiger partial charge in [0.05, 0.1) is 5.56 Å². The predicted molar refractivity (Wildman–Crippen MR) is 92.9 cm³/mol. The molecule has 0 unspecified atom stereocenters. The molecule has 5 heteroatoms. The fourth-order valence-electron chi connectivity index (χ4n) is 3.76. The monoisotopic (exact) mass is 329 g/mol. The lowest BCUT2D eigenvalue weighted by Gasteiger charge is -2.34. The van der Waals surface area contributed by atoms with Crippen LogP contribution in [0.25, 0.3) is 0 Å². The van der Waals surface area contributed by atoms with Crippen LogP contribution in [0.15, 0.2) is 18.3 Å². The van der Waals surface area contributed by atoms with Crippen molar-refractivity contribution < 1.29 is 9.59 Å². The molecule has 0 N–H and O–H groups in total. The maximum absolute atomic E-state index is 12.6. The zero-order valence-electron chi connectivity index (χ0n) is 14.7. The molecule has 1 aromatic rings. The summed E-state index contributed by atoms with van der Waals surface area (Å²) >= 11 is 0. The van der Waals surface area contributed by atoms with Gasteiger partial charge in [-0.1, -0.05) is 0 Å². The number of piperidine rings is 2. The fraction of sp³-hybridized carbons (Fsp3) is 0.632. The largest absolute Gasteiger partial charge is 0.336 e. The van der Waals surface area contributed by atoms with Crippen molar-refractivity contribution >= 4 is 11.8 Å². The molecule has 2 aliphatic rings. The molecule has 0 aromatic carbocycles. The van der Waals surface area contributed by atoms with Crippen LogP contribution in [0, 0.1) is 0 Å². The first-order chi connectivity index (χ1) is 11.6. The zero-order valence-corrected chi connectivity index (χ0v) is 14.7. The van der Waals surface area contributed by atoms with Gasteiger partial charge in [-0.15, -0.1) is 0 Å². The highest BCUT2D eigenvalue weighted by atomic mass is 16.2. The van der Waals surface area contributed by atoms with Crippen LogP contribution in [0.5, 0.6) is 0 Å². The standard InChI is InChI=1S/C19H27N3O2/c1-14-7-3-5-11-21(14)18(23)16-9-10-17(20-13-16)19(24)22-12-6-4-8-15(22)2/h9-10,13-15H,3-8,11-12H2,1-2H3/t14-,15+/m0/s1. The van der Waals surface area contributed by atoms with E-state index >= 15 is 0 Å². The van der Waals surface area contributed by atoms with E-state index in [1.807, 2.05) is 9.80 Å². The summed E-state index contributed by atoms with van der Waals surface area (Å²) in [6.07, 6.45) is 8.15. The van der Waals surface area contributed by atoms with E-state index in [0.29, 0.717) is 11.3 Å². The van der Waals surface area contributed by atoms with E-state index in [0.717, 1.165) is 38.8 Å². The summed E-state index contributed by atoms with van der Waals surface area (Å²) in [6, 6.07) is 4.00. The zero-order chi connectivity index (χ0) is 17.1. The van der Waals surface area contributed by atoms with Crippen LogP contribution in [0.3, 0.4) is 0 Å². The number of hydrogen-bond donors (Lipinski definition) is 0. The molecule has 0 saturated carbocycles. The Morgan fingerprint density at radius 1 is 0.917 bits per heavy atom. The molecule has 2 saturated heterocycles. The minimum atomic E-state index is -0.0208. The minimum absolute atomic E-state index is 0.0208. The molecular weight excluding hydrogens is 302 g/mol. The lowest BCUT2D eigenvalue weighted by molar-refractivity contribution is 0.0618. The van der Waals surface area contributed by atoms with Crippen LogP contribution < -0.4 is 0 Å². The molecule has 2 fully saturated rings. The normalized spacial score (nSPS) is 24.8. The topological polar surface area (TPSA) is 53.5 Å². The molecule has 0 aliphatic carbocycles. The first-order valence-electron chi connectivity index (χ1n) is 9.16. The summed E-state index contributed by atoms with van der Waals surface area (Å²) in [4.78, 5) is 33.4. The van der Waals surface area contributed by atoms with Gasteiger partial charge < -0.3 is 9.80 Å². The second-order valence-corrected chi connectivity index (χ2v) is 7.12. The molecule has 0 radical (unpaired) electrons. The molecule has 1 aromatic heterocycles. The van der Waals surface area contributed by atoms with Crippen LogP contribution in [0.1, 0.15) is 73.2 Å². The number of pyridine rings is 1. The number of rotatable bonds is 2. The third-order valence-electron chi connectivity index (χ3n) is 5.36. The highest BCUT2D eigenvalue weighted by Crippen LogP contribution is 2.21. The second-order valence-electron chi connectivity index (χ2n) is 7.12. The van der Waals surface area contributed by atoms with E-state index in [9.17, 15) is 9.59 Å². The summed E-state index contributed by atoms with van der Waals surface area (Å²) in [7, 11) is 0. The number of amides is 2. The molecule has 24 heavy (non-hydrogen) atoms. The number of hydrogen-bond acceptors (Lipinski definition) is 3. The average Bonchev–Trinajstić information content (AvgIpc) is 2.61. The Bertz CT molecular complexity index is 546. The van der Waals surface area contributed by atoms with Gasteiger partial charge in [-0.2, -0.15) is 0 Å². The Morgan fingerprint density at radius 2 is 1.50 bits per heavy atom. The molecule has 130 valence electrons. The van der Waals surface area contributed by atoms with Gasteiger partial charge in [-0.05, 0) is 64.5 Å². The molecule has 5 nitrogen and oxygen atoms in total. The predicted octanol–water partition coefficient (Wildman–Crippen LogP) is 3.11. The van der Waals surface area contributed by atoms with Gasteiger partial charge in [0.25, 0.3) is 11.8 Å². The quantitative estimate of drug-likeness (QED) is 0.838. The molecule has 0 spiro atoms. The van der Waals surface area contributed by atoms with Crippen LogP contribution in [0.4, 0.5) is 0 Å². The highest BCUT2D eigenvalue weighted by molar-refractivity contribution is 5.96. The van der Waals surface area contributed by atoms with E-state index in [4.69, 9.17) is 0 Å². The Hall–Kier alpha value is -1.91. The van der Waals surface area contributed by atoms with E-state index in [1.54, 1.807) is 18.3 Å². The van der Waals surface area contributed by atoms with Crippen molar-refractivity contribution in [1.29, 1.82) is 0 Å².